The lowest BCUT2D eigenvalue weighted by molar-refractivity contribution is 0.372. The van der Waals surface area contributed by atoms with Crippen LogP contribution in [0.15, 0.2) is 29.0 Å². The Balaban J connectivity index is 1.61. The average Bonchev–Trinajstić information content (AvgIpc) is 2.76. The Kier molecular flexibility index (Phi) is 4.21. The maximum absolute atomic E-state index is 5.02. The lowest BCUT2D eigenvalue weighted by Crippen LogP contribution is -2.20. The fourth-order valence-corrected chi connectivity index (χ4v) is 1.54. The molecule has 0 unspecified atom stereocenters. The molecule has 0 saturated carbocycles. The van der Waals surface area contributed by atoms with Crippen molar-refractivity contribution in [1.82, 2.24) is 20.4 Å². The smallest absolute Gasteiger partial charge is 0.227 e. The summed E-state index contributed by atoms with van der Waals surface area (Å²) in [5, 5.41) is 7.09. The molecule has 0 bridgehead atoms. The van der Waals surface area contributed by atoms with Crippen LogP contribution in [0.3, 0.4) is 0 Å². The van der Waals surface area contributed by atoms with E-state index in [4.69, 9.17) is 4.52 Å². The molecule has 0 radical (unpaired) electrons. The van der Waals surface area contributed by atoms with Crippen LogP contribution in [0.2, 0.25) is 0 Å². The van der Waals surface area contributed by atoms with Crippen molar-refractivity contribution in [3.63, 3.8) is 0 Å². The zero-order valence-corrected chi connectivity index (χ0v) is 9.89. The number of pyridine rings is 1. The van der Waals surface area contributed by atoms with Crippen LogP contribution in [0, 0.1) is 6.92 Å². The van der Waals surface area contributed by atoms with Crippen LogP contribution in [-0.4, -0.2) is 28.2 Å². The Morgan fingerprint density at radius 1 is 1.18 bits per heavy atom. The minimum Gasteiger partial charge on any atom is -0.339 e. The third-order valence-corrected chi connectivity index (χ3v) is 2.43. The zero-order valence-electron chi connectivity index (χ0n) is 9.89. The molecule has 0 aliphatic heterocycles. The second-order valence-corrected chi connectivity index (χ2v) is 3.84. The molecule has 0 aliphatic carbocycles. The highest BCUT2D eigenvalue weighted by Gasteiger charge is 2.01. The Morgan fingerprint density at radius 2 is 1.94 bits per heavy atom. The van der Waals surface area contributed by atoms with Crippen molar-refractivity contribution in [2.75, 3.05) is 13.1 Å². The molecular weight excluding hydrogens is 216 g/mol. The molecule has 0 spiro atoms. The van der Waals surface area contributed by atoms with Crippen LogP contribution in [0.25, 0.3) is 0 Å². The minimum absolute atomic E-state index is 0.691. The van der Waals surface area contributed by atoms with Gasteiger partial charge in [-0.2, -0.15) is 4.98 Å². The standard InChI is InChI=1S/C12H16N4O/c1-10-15-12(17-16-10)5-9-14-8-4-11-2-6-13-7-3-11/h2-3,6-7,14H,4-5,8-9H2,1H3. The molecule has 2 heterocycles. The summed E-state index contributed by atoms with van der Waals surface area (Å²) in [6.45, 7) is 3.62. The first kappa shape index (κ1) is 11.7. The molecule has 5 heteroatoms. The molecule has 2 aromatic heterocycles. The average molecular weight is 232 g/mol. The van der Waals surface area contributed by atoms with Crippen molar-refractivity contribution in [2.24, 2.45) is 0 Å². The summed E-state index contributed by atoms with van der Waals surface area (Å²) < 4.78 is 5.02. The Labute approximate surface area is 100 Å². The van der Waals surface area contributed by atoms with Crippen molar-refractivity contribution in [3.8, 4) is 0 Å². The van der Waals surface area contributed by atoms with E-state index in [0.29, 0.717) is 11.7 Å². The fourth-order valence-electron chi connectivity index (χ4n) is 1.54. The molecule has 0 aliphatic rings. The van der Waals surface area contributed by atoms with Gasteiger partial charge in [-0.25, -0.2) is 0 Å². The molecule has 2 aromatic rings. The summed E-state index contributed by atoms with van der Waals surface area (Å²) in [7, 11) is 0. The van der Waals surface area contributed by atoms with Crippen molar-refractivity contribution in [2.45, 2.75) is 19.8 Å². The van der Waals surface area contributed by atoms with Crippen LogP contribution in [0.5, 0.6) is 0 Å². The van der Waals surface area contributed by atoms with Crippen molar-refractivity contribution < 1.29 is 4.52 Å². The number of nitrogens with one attached hydrogen (secondary N) is 1. The maximum atomic E-state index is 5.02. The molecule has 0 aromatic carbocycles. The van der Waals surface area contributed by atoms with Crippen molar-refractivity contribution in [3.05, 3.63) is 41.8 Å². The highest BCUT2D eigenvalue weighted by molar-refractivity contribution is 5.09. The van der Waals surface area contributed by atoms with Gasteiger partial charge in [-0.3, -0.25) is 4.98 Å². The van der Waals surface area contributed by atoms with E-state index in [1.807, 2.05) is 31.5 Å². The van der Waals surface area contributed by atoms with Gasteiger partial charge in [0, 0.05) is 25.4 Å². The van der Waals surface area contributed by atoms with Gasteiger partial charge in [0.2, 0.25) is 5.89 Å². The summed E-state index contributed by atoms with van der Waals surface area (Å²) in [5.41, 5.74) is 1.29. The highest BCUT2D eigenvalue weighted by atomic mass is 16.5. The highest BCUT2D eigenvalue weighted by Crippen LogP contribution is 1.97. The van der Waals surface area contributed by atoms with Gasteiger partial charge in [-0.1, -0.05) is 5.16 Å². The van der Waals surface area contributed by atoms with Crippen LogP contribution in [0.4, 0.5) is 0 Å². The lowest BCUT2D eigenvalue weighted by atomic mass is 10.2. The van der Waals surface area contributed by atoms with Gasteiger partial charge >= 0.3 is 0 Å². The van der Waals surface area contributed by atoms with E-state index < -0.39 is 0 Å². The normalized spacial score (nSPS) is 10.6. The third kappa shape index (κ3) is 3.96. The predicted octanol–water partition coefficient (Wildman–Crippen LogP) is 1.15. The van der Waals surface area contributed by atoms with Crippen molar-refractivity contribution in [1.29, 1.82) is 0 Å². The second kappa shape index (κ2) is 6.10. The number of hydrogen-bond donors (Lipinski definition) is 1. The van der Waals surface area contributed by atoms with E-state index in [-0.39, 0.29) is 0 Å². The van der Waals surface area contributed by atoms with Crippen LogP contribution >= 0.6 is 0 Å². The number of aromatic nitrogens is 3. The summed E-state index contributed by atoms with van der Waals surface area (Å²) >= 11 is 0. The van der Waals surface area contributed by atoms with Gasteiger partial charge < -0.3 is 9.84 Å². The second-order valence-electron chi connectivity index (χ2n) is 3.84. The Hall–Kier alpha value is -1.75. The fraction of sp³-hybridized carbons (Fsp3) is 0.417. The Morgan fingerprint density at radius 3 is 2.65 bits per heavy atom. The summed E-state index contributed by atoms with van der Waals surface area (Å²) in [4.78, 5) is 8.12. The molecule has 17 heavy (non-hydrogen) atoms. The first-order valence-corrected chi connectivity index (χ1v) is 5.73. The van der Waals surface area contributed by atoms with Gasteiger partial charge in [0.15, 0.2) is 5.82 Å². The topological polar surface area (TPSA) is 63.8 Å². The number of rotatable bonds is 6. The van der Waals surface area contributed by atoms with Gasteiger partial charge in [-0.15, -0.1) is 0 Å². The summed E-state index contributed by atoms with van der Waals surface area (Å²) in [5.74, 6) is 1.38. The van der Waals surface area contributed by atoms with E-state index in [1.54, 1.807) is 0 Å². The van der Waals surface area contributed by atoms with Gasteiger partial charge in [-0.05, 0) is 37.6 Å². The molecule has 1 N–H and O–H groups in total. The van der Waals surface area contributed by atoms with Gasteiger partial charge in [0.05, 0.1) is 0 Å². The molecule has 5 nitrogen and oxygen atoms in total. The number of hydrogen-bond acceptors (Lipinski definition) is 5. The van der Waals surface area contributed by atoms with E-state index in [2.05, 4.69) is 20.4 Å². The maximum Gasteiger partial charge on any atom is 0.227 e. The van der Waals surface area contributed by atoms with Crippen LogP contribution in [0.1, 0.15) is 17.3 Å². The minimum atomic E-state index is 0.691. The molecule has 0 fully saturated rings. The summed E-state index contributed by atoms with van der Waals surface area (Å²) in [6.07, 6.45) is 5.41. The van der Waals surface area contributed by atoms with E-state index in [0.717, 1.165) is 25.9 Å². The summed E-state index contributed by atoms with van der Waals surface area (Å²) in [6, 6.07) is 4.06. The molecule has 0 amide bonds. The largest absolute Gasteiger partial charge is 0.339 e. The number of nitrogens with zero attached hydrogens (tertiary/aromatic N) is 3. The predicted molar refractivity (Wildman–Crippen MR) is 63.5 cm³/mol. The first-order chi connectivity index (χ1) is 8.34. The van der Waals surface area contributed by atoms with E-state index in [1.165, 1.54) is 5.56 Å². The quantitative estimate of drug-likeness (QED) is 0.757. The van der Waals surface area contributed by atoms with Gasteiger partial charge in [0.1, 0.15) is 0 Å². The lowest BCUT2D eigenvalue weighted by Gasteiger charge is -2.02. The van der Waals surface area contributed by atoms with Crippen LogP contribution in [-0.2, 0) is 12.8 Å². The first-order valence-electron chi connectivity index (χ1n) is 5.73. The van der Waals surface area contributed by atoms with E-state index in [9.17, 15) is 0 Å². The Bertz CT molecular complexity index is 441. The third-order valence-electron chi connectivity index (χ3n) is 2.43. The van der Waals surface area contributed by atoms with Crippen molar-refractivity contribution >= 4 is 0 Å². The SMILES string of the molecule is Cc1noc(CCNCCc2ccncc2)n1. The molecular formula is C12H16N4O. The van der Waals surface area contributed by atoms with E-state index >= 15 is 0 Å². The monoisotopic (exact) mass is 232 g/mol. The zero-order chi connectivity index (χ0) is 11.9. The van der Waals surface area contributed by atoms with Gasteiger partial charge in [0.25, 0.3) is 0 Å². The molecule has 2 rings (SSSR count). The molecule has 90 valence electrons. The number of aryl methyl sites for hydroxylation is 1. The van der Waals surface area contributed by atoms with Crippen LogP contribution < -0.4 is 5.32 Å². The molecule has 0 saturated heterocycles. The molecule has 0 atom stereocenters.